The van der Waals surface area contributed by atoms with Gasteiger partial charge < -0.3 is 0 Å². The molecule has 0 spiro atoms. The number of rotatable bonds is 4. The molecule has 4 aromatic carbocycles. The average Bonchev–Trinajstić information content (AvgIpc) is 2.84. The summed E-state index contributed by atoms with van der Waals surface area (Å²) >= 11 is 0. The van der Waals surface area contributed by atoms with Crippen LogP contribution in [0.1, 0.15) is 28.8 Å². The predicted molar refractivity (Wildman–Crippen MR) is 125 cm³/mol. The molecule has 0 saturated carbocycles. The Labute approximate surface area is 181 Å². The standard InChI is InChI=1S/C28H21NO2/c30-26-19-18-24(28(31)22-13-5-2-6-14-22)27(21-11-3-1-4-12-21)29(26)25-17-9-15-20-10-7-8-16-23(20)25/h1-17H,18-19H2. The number of ketones is 1. The minimum atomic E-state index is -0.0304. The number of fused-ring (bicyclic) bond motifs is 1. The van der Waals surface area contributed by atoms with Crippen LogP contribution < -0.4 is 4.90 Å². The number of carbonyl (C=O) groups excluding carboxylic acids is 2. The van der Waals surface area contributed by atoms with Crippen LogP contribution in [0.15, 0.2) is 109 Å². The average molecular weight is 403 g/mol. The summed E-state index contributed by atoms with van der Waals surface area (Å²) in [6.45, 7) is 0. The van der Waals surface area contributed by atoms with Crippen LogP contribution in [0.5, 0.6) is 0 Å². The first kappa shape index (κ1) is 19.0. The van der Waals surface area contributed by atoms with Gasteiger partial charge in [0.25, 0.3) is 0 Å². The molecule has 3 heteroatoms. The first-order chi connectivity index (χ1) is 15.2. The molecule has 0 aromatic heterocycles. The smallest absolute Gasteiger partial charge is 0.231 e. The van der Waals surface area contributed by atoms with E-state index >= 15 is 0 Å². The van der Waals surface area contributed by atoms with Crippen molar-refractivity contribution in [2.75, 3.05) is 4.90 Å². The Morgan fingerprint density at radius 1 is 0.677 bits per heavy atom. The van der Waals surface area contributed by atoms with E-state index in [-0.39, 0.29) is 11.7 Å². The van der Waals surface area contributed by atoms with E-state index in [9.17, 15) is 9.59 Å². The Morgan fingerprint density at radius 2 is 1.32 bits per heavy atom. The van der Waals surface area contributed by atoms with E-state index < -0.39 is 0 Å². The number of hydrogen-bond acceptors (Lipinski definition) is 2. The van der Waals surface area contributed by atoms with Crippen molar-refractivity contribution in [3.8, 4) is 0 Å². The number of Topliss-reactive ketones (excluding diaryl/α,β-unsaturated/α-hetero) is 1. The minimum Gasteiger partial charge on any atom is -0.289 e. The second kappa shape index (κ2) is 8.04. The van der Waals surface area contributed by atoms with Crippen LogP contribution in [0.2, 0.25) is 0 Å². The molecule has 1 aliphatic heterocycles. The second-order valence-electron chi connectivity index (χ2n) is 7.62. The van der Waals surface area contributed by atoms with Crippen molar-refractivity contribution in [2.45, 2.75) is 12.8 Å². The lowest BCUT2D eigenvalue weighted by Crippen LogP contribution is -2.35. The van der Waals surface area contributed by atoms with E-state index in [0.29, 0.717) is 29.7 Å². The Bertz CT molecular complexity index is 1300. The van der Waals surface area contributed by atoms with E-state index in [2.05, 4.69) is 0 Å². The Hall–Kier alpha value is -3.98. The highest BCUT2D eigenvalue weighted by atomic mass is 16.2. The van der Waals surface area contributed by atoms with Gasteiger partial charge in [-0.05, 0) is 23.4 Å². The molecule has 0 radical (unpaired) electrons. The highest BCUT2D eigenvalue weighted by molar-refractivity contribution is 6.21. The first-order valence-corrected chi connectivity index (χ1v) is 10.4. The van der Waals surface area contributed by atoms with Crippen molar-refractivity contribution in [1.82, 2.24) is 0 Å². The summed E-state index contributed by atoms with van der Waals surface area (Å²) in [6, 6.07) is 33.0. The van der Waals surface area contributed by atoms with Crippen molar-refractivity contribution < 1.29 is 9.59 Å². The van der Waals surface area contributed by atoms with Crippen molar-refractivity contribution in [3.05, 3.63) is 120 Å². The zero-order chi connectivity index (χ0) is 21.2. The quantitative estimate of drug-likeness (QED) is 0.377. The number of hydrogen-bond donors (Lipinski definition) is 0. The van der Waals surface area contributed by atoms with Gasteiger partial charge in [0.15, 0.2) is 5.78 Å². The molecule has 3 nitrogen and oxygen atoms in total. The van der Waals surface area contributed by atoms with Crippen LogP contribution >= 0.6 is 0 Å². The molecule has 5 rings (SSSR count). The lowest BCUT2D eigenvalue weighted by atomic mass is 9.90. The predicted octanol–water partition coefficient (Wildman–Crippen LogP) is 6.26. The molecule has 1 amide bonds. The number of amides is 1. The van der Waals surface area contributed by atoms with Crippen molar-refractivity contribution in [3.63, 3.8) is 0 Å². The normalized spacial score (nSPS) is 14.2. The number of benzene rings is 4. The van der Waals surface area contributed by atoms with Crippen LogP contribution in [0.3, 0.4) is 0 Å². The van der Waals surface area contributed by atoms with Gasteiger partial charge in [-0.25, -0.2) is 0 Å². The van der Waals surface area contributed by atoms with Gasteiger partial charge in [0.05, 0.1) is 11.4 Å². The molecule has 4 aromatic rings. The van der Waals surface area contributed by atoms with Crippen LogP contribution in [-0.4, -0.2) is 11.7 Å². The van der Waals surface area contributed by atoms with E-state index in [1.54, 1.807) is 4.90 Å². The Balaban J connectivity index is 1.78. The summed E-state index contributed by atoms with van der Waals surface area (Å²) in [4.78, 5) is 28.6. The second-order valence-corrected chi connectivity index (χ2v) is 7.62. The fourth-order valence-corrected chi connectivity index (χ4v) is 4.26. The monoisotopic (exact) mass is 403 g/mol. The zero-order valence-electron chi connectivity index (χ0n) is 17.0. The largest absolute Gasteiger partial charge is 0.289 e. The van der Waals surface area contributed by atoms with Crippen LogP contribution in [0, 0.1) is 0 Å². The molecule has 0 bridgehead atoms. The third kappa shape index (κ3) is 3.44. The summed E-state index contributed by atoms with van der Waals surface area (Å²) in [5.41, 5.74) is 3.66. The molecular formula is C28H21NO2. The summed E-state index contributed by atoms with van der Waals surface area (Å²) in [5, 5.41) is 2.04. The topological polar surface area (TPSA) is 37.4 Å². The highest BCUT2D eigenvalue weighted by Gasteiger charge is 2.33. The molecule has 0 unspecified atom stereocenters. The maximum Gasteiger partial charge on any atom is 0.231 e. The molecule has 1 heterocycles. The van der Waals surface area contributed by atoms with Crippen molar-refractivity contribution >= 4 is 33.8 Å². The van der Waals surface area contributed by atoms with Gasteiger partial charge in [0.2, 0.25) is 5.91 Å². The van der Waals surface area contributed by atoms with E-state index in [1.165, 1.54) is 0 Å². The molecule has 1 aliphatic rings. The highest BCUT2D eigenvalue weighted by Crippen LogP contribution is 2.39. The lowest BCUT2D eigenvalue weighted by molar-refractivity contribution is -0.118. The Morgan fingerprint density at radius 3 is 2.10 bits per heavy atom. The van der Waals surface area contributed by atoms with Gasteiger partial charge >= 0.3 is 0 Å². The molecule has 0 saturated heterocycles. The molecule has 150 valence electrons. The Kier molecular flexibility index (Phi) is 4.93. The van der Waals surface area contributed by atoms with Crippen molar-refractivity contribution in [1.29, 1.82) is 0 Å². The number of anilines is 1. The van der Waals surface area contributed by atoms with Gasteiger partial charge in [-0.1, -0.05) is 97.1 Å². The minimum absolute atomic E-state index is 0.000169. The van der Waals surface area contributed by atoms with E-state index in [4.69, 9.17) is 0 Å². The lowest BCUT2D eigenvalue weighted by Gasteiger charge is -2.33. The molecule has 31 heavy (non-hydrogen) atoms. The fourth-order valence-electron chi connectivity index (χ4n) is 4.26. The van der Waals surface area contributed by atoms with Gasteiger partial charge in [0.1, 0.15) is 0 Å². The van der Waals surface area contributed by atoms with Gasteiger partial charge in [0, 0.05) is 22.9 Å². The third-order valence-corrected chi connectivity index (χ3v) is 5.71. The molecule has 0 fully saturated rings. The fraction of sp³-hybridized carbons (Fsp3) is 0.0714. The third-order valence-electron chi connectivity index (χ3n) is 5.71. The van der Waals surface area contributed by atoms with Crippen molar-refractivity contribution in [2.24, 2.45) is 0 Å². The first-order valence-electron chi connectivity index (χ1n) is 10.4. The van der Waals surface area contributed by atoms with E-state index in [0.717, 1.165) is 22.0 Å². The van der Waals surface area contributed by atoms with Gasteiger partial charge in [-0.3, -0.25) is 14.5 Å². The number of carbonyl (C=O) groups is 2. The van der Waals surface area contributed by atoms with Crippen LogP contribution in [0.4, 0.5) is 5.69 Å². The van der Waals surface area contributed by atoms with Crippen LogP contribution in [0.25, 0.3) is 16.5 Å². The molecular weight excluding hydrogens is 382 g/mol. The van der Waals surface area contributed by atoms with Crippen LogP contribution in [-0.2, 0) is 4.79 Å². The number of allylic oxidation sites excluding steroid dienone is 1. The molecule has 0 aliphatic carbocycles. The number of nitrogens with zero attached hydrogens (tertiary/aromatic N) is 1. The SMILES string of the molecule is O=C(C1=C(c2ccccc2)N(c2cccc3ccccc23)C(=O)CC1)c1ccccc1. The maximum atomic E-state index is 13.5. The summed E-state index contributed by atoms with van der Waals surface area (Å²) in [5.74, 6) is -0.0305. The zero-order valence-corrected chi connectivity index (χ0v) is 17.0. The van der Waals surface area contributed by atoms with Gasteiger partial charge in [-0.2, -0.15) is 0 Å². The molecule has 0 N–H and O–H groups in total. The summed E-state index contributed by atoms with van der Waals surface area (Å²) < 4.78 is 0. The summed E-state index contributed by atoms with van der Waals surface area (Å²) in [7, 11) is 0. The maximum absolute atomic E-state index is 13.5. The van der Waals surface area contributed by atoms with Gasteiger partial charge in [-0.15, -0.1) is 0 Å². The van der Waals surface area contributed by atoms with E-state index in [1.807, 2.05) is 103 Å². The summed E-state index contributed by atoms with van der Waals surface area (Å²) in [6.07, 6.45) is 0.728. The molecule has 0 atom stereocenters.